The van der Waals surface area contributed by atoms with Gasteiger partial charge in [-0.2, -0.15) is 0 Å². The maximum Gasteiger partial charge on any atom is 0.220 e. The van der Waals surface area contributed by atoms with Crippen LogP contribution in [0.5, 0.6) is 0 Å². The number of aliphatic hydroxyl groups is 5. The van der Waals surface area contributed by atoms with Crippen molar-refractivity contribution in [2.75, 3.05) is 13.2 Å². The first-order chi connectivity index (χ1) is 45.8. The van der Waals surface area contributed by atoms with E-state index in [-0.39, 0.29) is 12.5 Å². The standard InChI is InChI=1S/C84H141NO8/c1-3-5-7-9-11-13-15-17-19-21-23-25-27-29-31-33-35-36-37-38-39-40-41-42-44-46-48-50-52-54-56-58-60-62-64-66-68-70-72-74-80(88)85-77(76-92-84-83(91)82(90)81(89)79(75-86)93-84)78(87)73-71-69-67-65-63-61-59-57-55-53-51-49-47-45-43-34-32-30-28-26-24-22-20-18-16-14-12-10-8-6-4-2/h5,7,11,13,17,19,23,25,29,31,35-36,38-39,41-42,46,48,52,54,58,60,63,65,71,73,77-79,81-84,86-87,89-91H,3-4,6,8-10,12,14-16,18,20-22,24,26-28,30,32-34,37,40,43-45,47,49-51,53,55-57,59,61-62,64,66-70,72,74-76H2,1-2H3,(H,85,88)/b7-5-,13-11-,19-17-,25-23-,31-29-,36-35-,39-38-,42-41-,48-46-,54-52-,60-58-,65-63+,73-71+. The smallest absolute Gasteiger partial charge is 0.220 e. The van der Waals surface area contributed by atoms with Crippen molar-refractivity contribution in [1.82, 2.24) is 5.32 Å². The normalized spacial score (nSPS) is 18.5. The Bertz CT molecular complexity index is 2040. The molecule has 0 aliphatic carbocycles. The lowest BCUT2D eigenvalue weighted by Crippen LogP contribution is -2.60. The summed E-state index contributed by atoms with van der Waals surface area (Å²) in [5.41, 5.74) is 0. The van der Waals surface area contributed by atoms with E-state index in [1.807, 2.05) is 6.08 Å². The number of nitrogens with one attached hydrogen (secondary N) is 1. The predicted molar refractivity (Wildman–Crippen MR) is 400 cm³/mol. The number of carbonyl (C=O) groups is 1. The number of allylic oxidation sites excluding steroid dienone is 25. The largest absolute Gasteiger partial charge is 0.394 e. The molecule has 1 amide bonds. The first-order valence-electron chi connectivity index (χ1n) is 38.2. The number of carbonyl (C=O) groups excluding carboxylic acids is 1. The van der Waals surface area contributed by atoms with E-state index < -0.39 is 49.5 Å². The second-order valence-electron chi connectivity index (χ2n) is 25.7. The van der Waals surface area contributed by atoms with Crippen molar-refractivity contribution in [2.24, 2.45) is 0 Å². The van der Waals surface area contributed by atoms with Crippen molar-refractivity contribution >= 4 is 5.91 Å². The highest BCUT2D eigenvalue weighted by Gasteiger charge is 2.44. The van der Waals surface area contributed by atoms with Crippen LogP contribution >= 0.6 is 0 Å². The highest BCUT2D eigenvalue weighted by atomic mass is 16.7. The Morgan fingerprint density at radius 1 is 0.376 bits per heavy atom. The van der Waals surface area contributed by atoms with Crippen LogP contribution in [-0.2, 0) is 14.3 Å². The number of amides is 1. The van der Waals surface area contributed by atoms with Gasteiger partial charge in [-0.25, -0.2) is 0 Å². The van der Waals surface area contributed by atoms with Crippen LogP contribution in [0.25, 0.3) is 0 Å². The van der Waals surface area contributed by atoms with Gasteiger partial charge in [0.25, 0.3) is 0 Å². The van der Waals surface area contributed by atoms with Gasteiger partial charge in [0.2, 0.25) is 5.91 Å². The highest BCUT2D eigenvalue weighted by Crippen LogP contribution is 2.23. The zero-order chi connectivity index (χ0) is 67.1. The van der Waals surface area contributed by atoms with Crippen LogP contribution < -0.4 is 5.32 Å². The Hall–Kier alpha value is -4.19. The zero-order valence-electron chi connectivity index (χ0n) is 59.5. The van der Waals surface area contributed by atoms with E-state index in [0.29, 0.717) is 6.42 Å². The molecule has 9 nitrogen and oxygen atoms in total. The van der Waals surface area contributed by atoms with Crippen molar-refractivity contribution in [3.05, 3.63) is 158 Å². The van der Waals surface area contributed by atoms with Crippen LogP contribution in [0.1, 0.15) is 309 Å². The van der Waals surface area contributed by atoms with Gasteiger partial charge in [0.15, 0.2) is 6.29 Å². The molecule has 93 heavy (non-hydrogen) atoms. The molecule has 7 unspecified atom stereocenters. The van der Waals surface area contributed by atoms with Crippen LogP contribution in [-0.4, -0.2) is 87.5 Å². The summed E-state index contributed by atoms with van der Waals surface area (Å²) < 4.78 is 11.3. The third-order valence-corrected chi connectivity index (χ3v) is 17.1. The lowest BCUT2D eigenvalue weighted by molar-refractivity contribution is -0.302. The molecule has 0 spiro atoms. The van der Waals surface area contributed by atoms with E-state index in [4.69, 9.17) is 9.47 Å². The fourth-order valence-electron chi connectivity index (χ4n) is 11.2. The number of aliphatic hydroxyl groups excluding tert-OH is 5. The van der Waals surface area contributed by atoms with Crippen LogP contribution in [0.2, 0.25) is 0 Å². The second kappa shape index (κ2) is 70.6. The van der Waals surface area contributed by atoms with Gasteiger partial charge in [-0.1, -0.05) is 345 Å². The predicted octanol–water partition coefficient (Wildman–Crippen LogP) is 21.9. The summed E-state index contributed by atoms with van der Waals surface area (Å²) in [6.45, 7) is 3.66. The van der Waals surface area contributed by atoms with Gasteiger partial charge >= 0.3 is 0 Å². The van der Waals surface area contributed by atoms with Gasteiger partial charge in [-0.3, -0.25) is 4.79 Å². The molecule has 6 N–H and O–H groups in total. The molecular weight excluding hydrogens is 1150 g/mol. The SMILES string of the molecule is CC/C=C\C/C=C\C/C=C\C/C=C\C/C=C\C/C=C\C/C=C\C/C=C\C/C=C\C/C=C\C/C=C\CCCCCCCC(=O)NC(COC1OC(CO)C(O)C(O)C1O)C(O)/C=C/CC/C=C/CCCCCCCCCCCCCCCCCCCCCCCCCCC. The van der Waals surface area contributed by atoms with Crippen molar-refractivity contribution in [1.29, 1.82) is 0 Å². The van der Waals surface area contributed by atoms with Gasteiger partial charge in [-0.05, 0) is 116 Å². The number of hydrogen-bond donors (Lipinski definition) is 6. The molecule has 1 heterocycles. The van der Waals surface area contributed by atoms with Crippen molar-refractivity contribution < 1.29 is 39.8 Å². The van der Waals surface area contributed by atoms with Gasteiger partial charge < -0.3 is 40.3 Å². The molecule has 1 fully saturated rings. The minimum Gasteiger partial charge on any atom is -0.394 e. The third-order valence-electron chi connectivity index (χ3n) is 17.1. The Morgan fingerprint density at radius 2 is 0.677 bits per heavy atom. The van der Waals surface area contributed by atoms with E-state index in [1.165, 1.54) is 161 Å². The molecule has 7 atom stereocenters. The molecular formula is C84H141NO8. The summed E-state index contributed by atoms with van der Waals surface area (Å²) in [5.74, 6) is -0.209. The summed E-state index contributed by atoms with van der Waals surface area (Å²) in [6.07, 6.45) is 104. The quantitative estimate of drug-likeness (QED) is 0.0261. The molecule has 0 bridgehead atoms. The first-order valence-corrected chi connectivity index (χ1v) is 38.2. The van der Waals surface area contributed by atoms with Crippen molar-refractivity contribution in [3.8, 4) is 0 Å². The molecule has 0 radical (unpaired) electrons. The first kappa shape index (κ1) is 86.8. The molecule has 1 saturated heterocycles. The maximum absolute atomic E-state index is 13.1. The van der Waals surface area contributed by atoms with E-state index in [9.17, 15) is 30.3 Å². The van der Waals surface area contributed by atoms with Crippen LogP contribution in [0.15, 0.2) is 158 Å². The minimum absolute atomic E-state index is 0.209. The fraction of sp³-hybridized carbons (Fsp3) is 0.679. The topological polar surface area (TPSA) is 149 Å². The van der Waals surface area contributed by atoms with Gasteiger partial charge in [-0.15, -0.1) is 0 Å². The average Bonchev–Trinajstić information content (AvgIpc) is 1.02. The summed E-state index contributed by atoms with van der Waals surface area (Å²) in [5, 5.41) is 54.8. The molecule has 1 rings (SSSR count). The molecule has 0 aromatic rings. The maximum atomic E-state index is 13.1. The molecule has 0 aromatic heterocycles. The lowest BCUT2D eigenvalue weighted by atomic mass is 9.99. The fourth-order valence-corrected chi connectivity index (χ4v) is 11.2. The monoisotopic (exact) mass is 1290 g/mol. The molecule has 0 aromatic carbocycles. The summed E-state index contributed by atoms with van der Waals surface area (Å²) in [4.78, 5) is 13.1. The Morgan fingerprint density at radius 3 is 1.03 bits per heavy atom. The molecule has 9 heteroatoms. The molecule has 1 aliphatic heterocycles. The van der Waals surface area contributed by atoms with Gasteiger partial charge in [0, 0.05) is 6.42 Å². The Balaban J connectivity index is 2.18. The number of ether oxygens (including phenoxy) is 2. The summed E-state index contributed by atoms with van der Waals surface area (Å²) >= 11 is 0. The van der Waals surface area contributed by atoms with E-state index >= 15 is 0 Å². The average molecular weight is 1290 g/mol. The number of hydrogen-bond acceptors (Lipinski definition) is 8. The van der Waals surface area contributed by atoms with Gasteiger partial charge in [0.1, 0.15) is 24.4 Å². The number of unbranched alkanes of at least 4 members (excludes halogenated alkanes) is 31. The summed E-state index contributed by atoms with van der Waals surface area (Å²) in [6, 6.07) is -0.847. The zero-order valence-corrected chi connectivity index (χ0v) is 59.5. The lowest BCUT2D eigenvalue weighted by Gasteiger charge is -2.40. The number of rotatable bonds is 65. The minimum atomic E-state index is -1.59. The van der Waals surface area contributed by atoms with Gasteiger partial charge in [0.05, 0.1) is 25.4 Å². The second-order valence-corrected chi connectivity index (χ2v) is 25.7. The van der Waals surface area contributed by atoms with Crippen molar-refractivity contribution in [2.45, 2.75) is 352 Å². The van der Waals surface area contributed by atoms with E-state index in [0.717, 1.165) is 128 Å². The van der Waals surface area contributed by atoms with Crippen LogP contribution in [0, 0.1) is 0 Å². The van der Waals surface area contributed by atoms with Crippen LogP contribution in [0.4, 0.5) is 0 Å². The highest BCUT2D eigenvalue weighted by molar-refractivity contribution is 5.76. The Kier molecular flexibility index (Phi) is 65.9. The molecule has 0 saturated carbocycles. The van der Waals surface area contributed by atoms with Crippen LogP contribution in [0.3, 0.4) is 0 Å². The van der Waals surface area contributed by atoms with Crippen molar-refractivity contribution in [3.63, 3.8) is 0 Å². The van der Waals surface area contributed by atoms with E-state index in [1.54, 1.807) is 6.08 Å². The van der Waals surface area contributed by atoms with E-state index in [2.05, 4.69) is 165 Å². The summed E-state index contributed by atoms with van der Waals surface area (Å²) in [7, 11) is 0. The Labute approximate surface area is 571 Å². The third kappa shape index (κ3) is 58.9. The molecule has 530 valence electrons. The molecule has 1 aliphatic rings.